The minimum absolute atomic E-state index is 0.234. The minimum atomic E-state index is -0.234. The van der Waals surface area contributed by atoms with Gasteiger partial charge in [0.25, 0.3) is 5.91 Å². The molecule has 3 N–H and O–H groups in total. The topological polar surface area (TPSA) is 68.0 Å². The first kappa shape index (κ1) is 13.1. The highest BCUT2D eigenvalue weighted by Gasteiger charge is 2.12. The summed E-state index contributed by atoms with van der Waals surface area (Å²) in [5, 5.41) is 2.90. The molecule has 0 aliphatic rings. The number of amides is 1. The number of nitrogen functional groups attached to an aromatic ring is 1. The van der Waals surface area contributed by atoms with Crippen molar-refractivity contribution < 1.29 is 4.79 Å². The summed E-state index contributed by atoms with van der Waals surface area (Å²) >= 11 is 0. The number of rotatable bonds is 2. The first-order chi connectivity index (χ1) is 8.99. The fraction of sp³-hybridized carbons (Fsp3) is 0.200. The fourth-order valence-corrected chi connectivity index (χ4v) is 1.96. The molecule has 0 unspecified atom stereocenters. The Morgan fingerprint density at radius 2 is 1.84 bits per heavy atom. The van der Waals surface area contributed by atoms with E-state index in [4.69, 9.17) is 5.73 Å². The quantitative estimate of drug-likeness (QED) is 0.867. The van der Waals surface area contributed by atoms with Crippen LogP contribution in [0.2, 0.25) is 0 Å². The Morgan fingerprint density at radius 3 is 2.42 bits per heavy atom. The largest absolute Gasteiger partial charge is 0.398 e. The summed E-state index contributed by atoms with van der Waals surface area (Å²) < 4.78 is 0. The zero-order valence-electron chi connectivity index (χ0n) is 11.3. The van der Waals surface area contributed by atoms with Gasteiger partial charge in [0.2, 0.25) is 0 Å². The Hall–Kier alpha value is -2.36. The first-order valence-corrected chi connectivity index (χ1v) is 6.08. The molecule has 0 atom stereocenters. The first-order valence-electron chi connectivity index (χ1n) is 6.08. The number of carbonyl (C=O) groups excluding carboxylic acids is 1. The van der Waals surface area contributed by atoms with Crippen LogP contribution < -0.4 is 11.1 Å². The van der Waals surface area contributed by atoms with Gasteiger partial charge < -0.3 is 11.1 Å². The summed E-state index contributed by atoms with van der Waals surface area (Å²) in [7, 11) is 0. The van der Waals surface area contributed by atoms with Gasteiger partial charge in [-0.15, -0.1) is 0 Å². The lowest BCUT2D eigenvalue weighted by Gasteiger charge is -2.12. The third-order valence-electron chi connectivity index (χ3n) is 3.04. The number of pyridine rings is 1. The second-order valence-electron chi connectivity index (χ2n) is 4.63. The Bertz CT molecular complexity index is 615. The number of carbonyl (C=O) groups is 1. The molecule has 1 amide bonds. The Morgan fingerprint density at radius 1 is 1.21 bits per heavy atom. The average Bonchev–Trinajstić information content (AvgIpc) is 2.33. The molecule has 1 heterocycles. The number of nitrogens with one attached hydrogen (secondary N) is 1. The van der Waals surface area contributed by atoms with Crippen LogP contribution in [0, 0.1) is 20.8 Å². The Balaban J connectivity index is 2.31. The van der Waals surface area contributed by atoms with Crippen molar-refractivity contribution in [2.75, 3.05) is 11.1 Å². The number of aromatic nitrogens is 1. The predicted octanol–water partition coefficient (Wildman–Crippen LogP) is 2.84. The number of benzene rings is 1. The van der Waals surface area contributed by atoms with Crippen molar-refractivity contribution in [2.45, 2.75) is 20.8 Å². The summed E-state index contributed by atoms with van der Waals surface area (Å²) in [6, 6.07) is 7.57. The molecule has 4 nitrogen and oxygen atoms in total. The van der Waals surface area contributed by atoms with E-state index in [9.17, 15) is 4.79 Å². The highest BCUT2D eigenvalue weighted by Crippen LogP contribution is 2.21. The van der Waals surface area contributed by atoms with Crippen molar-refractivity contribution in [3.63, 3.8) is 0 Å². The summed E-state index contributed by atoms with van der Waals surface area (Å²) in [6.45, 7) is 5.75. The molecular formula is C15H17N3O. The van der Waals surface area contributed by atoms with Gasteiger partial charge in [-0.2, -0.15) is 0 Å². The van der Waals surface area contributed by atoms with Crippen LogP contribution >= 0.6 is 0 Å². The third-order valence-corrected chi connectivity index (χ3v) is 3.04. The van der Waals surface area contributed by atoms with Crippen LogP contribution in [-0.4, -0.2) is 10.9 Å². The zero-order valence-corrected chi connectivity index (χ0v) is 11.3. The van der Waals surface area contributed by atoms with Crippen molar-refractivity contribution in [1.82, 2.24) is 4.98 Å². The van der Waals surface area contributed by atoms with Crippen LogP contribution in [0.15, 0.2) is 30.5 Å². The molecule has 0 spiro atoms. The molecule has 0 aliphatic heterocycles. The van der Waals surface area contributed by atoms with E-state index in [1.165, 1.54) is 6.20 Å². The van der Waals surface area contributed by atoms with Crippen LogP contribution in [0.3, 0.4) is 0 Å². The van der Waals surface area contributed by atoms with Gasteiger partial charge in [-0.1, -0.05) is 18.2 Å². The molecule has 0 fully saturated rings. The van der Waals surface area contributed by atoms with Crippen LogP contribution in [0.25, 0.3) is 0 Å². The van der Waals surface area contributed by atoms with Crippen molar-refractivity contribution in [1.29, 1.82) is 0 Å². The maximum atomic E-state index is 12.2. The molecule has 1 aromatic carbocycles. The van der Waals surface area contributed by atoms with Crippen molar-refractivity contribution in [2.24, 2.45) is 0 Å². The molecule has 0 radical (unpaired) electrons. The molecule has 2 aromatic rings. The molecule has 0 aliphatic carbocycles. The molecule has 98 valence electrons. The van der Waals surface area contributed by atoms with Crippen LogP contribution in [-0.2, 0) is 0 Å². The van der Waals surface area contributed by atoms with Gasteiger partial charge in [-0.3, -0.25) is 9.78 Å². The Labute approximate surface area is 112 Å². The number of hydrogen-bond donors (Lipinski definition) is 2. The van der Waals surface area contributed by atoms with Gasteiger partial charge in [-0.05, 0) is 38.0 Å². The smallest absolute Gasteiger partial charge is 0.259 e. The highest BCUT2D eigenvalue weighted by molar-refractivity contribution is 6.08. The number of aryl methyl sites for hydroxylation is 3. The molecule has 19 heavy (non-hydrogen) atoms. The number of anilines is 2. The number of para-hydroxylation sites is 1. The van der Waals surface area contributed by atoms with E-state index in [0.29, 0.717) is 11.3 Å². The van der Waals surface area contributed by atoms with E-state index in [0.717, 1.165) is 22.5 Å². The van der Waals surface area contributed by atoms with E-state index in [1.54, 1.807) is 6.07 Å². The normalized spacial score (nSPS) is 10.3. The van der Waals surface area contributed by atoms with Gasteiger partial charge in [0.05, 0.1) is 5.56 Å². The van der Waals surface area contributed by atoms with Gasteiger partial charge in [0.1, 0.15) is 0 Å². The summed E-state index contributed by atoms with van der Waals surface area (Å²) in [5.41, 5.74) is 10.3. The predicted molar refractivity (Wildman–Crippen MR) is 77.3 cm³/mol. The van der Waals surface area contributed by atoms with Gasteiger partial charge in [0, 0.05) is 23.3 Å². The van der Waals surface area contributed by atoms with Crippen molar-refractivity contribution in [3.8, 4) is 0 Å². The summed E-state index contributed by atoms with van der Waals surface area (Å²) in [5.74, 6) is -0.234. The lowest BCUT2D eigenvalue weighted by molar-refractivity contribution is 0.102. The minimum Gasteiger partial charge on any atom is -0.398 e. The molecular weight excluding hydrogens is 238 g/mol. The van der Waals surface area contributed by atoms with Crippen LogP contribution in [0.4, 0.5) is 11.4 Å². The lowest BCUT2D eigenvalue weighted by Crippen LogP contribution is -2.16. The second-order valence-corrected chi connectivity index (χ2v) is 4.63. The molecule has 4 heteroatoms. The number of nitrogens with zero attached hydrogens (tertiary/aromatic N) is 1. The SMILES string of the molecule is Cc1cc(N)c(C(=O)Nc2c(C)cccc2C)cn1. The summed E-state index contributed by atoms with van der Waals surface area (Å²) in [6.07, 6.45) is 1.51. The molecule has 0 bridgehead atoms. The average molecular weight is 255 g/mol. The molecule has 2 rings (SSSR count). The molecule has 0 saturated heterocycles. The lowest BCUT2D eigenvalue weighted by atomic mass is 10.1. The fourth-order valence-electron chi connectivity index (χ4n) is 1.96. The van der Waals surface area contributed by atoms with E-state index < -0.39 is 0 Å². The van der Waals surface area contributed by atoms with E-state index in [1.807, 2.05) is 39.0 Å². The van der Waals surface area contributed by atoms with Crippen LogP contribution in [0.5, 0.6) is 0 Å². The zero-order chi connectivity index (χ0) is 14.0. The summed E-state index contributed by atoms with van der Waals surface area (Å²) in [4.78, 5) is 16.3. The van der Waals surface area contributed by atoms with Crippen molar-refractivity contribution >= 4 is 17.3 Å². The van der Waals surface area contributed by atoms with Gasteiger partial charge in [-0.25, -0.2) is 0 Å². The number of nitrogens with two attached hydrogens (primary N) is 1. The monoisotopic (exact) mass is 255 g/mol. The molecule has 1 aromatic heterocycles. The third kappa shape index (κ3) is 2.73. The maximum absolute atomic E-state index is 12.2. The maximum Gasteiger partial charge on any atom is 0.259 e. The van der Waals surface area contributed by atoms with E-state index in [-0.39, 0.29) is 5.91 Å². The van der Waals surface area contributed by atoms with Gasteiger partial charge >= 0.3 is 0 Å². The van der Waals surface area contributed by atoms with E-state index >= 15 is 0 Å². The van der Waals surface area contributed by atoms with Crippen molar-refractivity contribution in [3.05, 3.63) is 52.8 Å². The molecule has 0 saturated carbocycles. The van der Waals surface area contributed by atoms with Crippen LogP contribution in [0.1, 0.15) is 27.2 Å². The second kappa shape index (κ2) is 5.10. The van der Waals surface area contributed by atoms with Gasteiger partial charge in [0.15, 0.2) is 0 Å². The van der Waals surface area contributed by atoms with E-state index in [2.05, 4.69) is 10.3 Å². The highest BCUT2D eigenvalue weighted by atomic mass is 16.1. The Kier molecular flexibility index (Phi) is 3.51. The standard InChI is InChI=1S/C15H17N3O/c1-9-5-4-6-10(2)14(9)18-15(19)12-8-17-11(3)7-13(12)16/h4-8H,1-3H3,(H2,16,17)(H,18,19). The number of hydrogen-bond acceptors (Lipinski definition) is 3.